The van der Waals surface area contributed by atoms with Crippen LogP contribution in [0.25, 0.3) is 11.1 Å². The van der Waals surface area contributed by atoms with Crippen LogP contribution in [-0.2, 0) is 11.8 Å². The number of rotatable bonds is 3. The highest BCUT2D eigenvalue weighted by Crippen LogP contribution is 2.32. The highest BCUT2D eigenvalue weighted by Gasteiger charge is 2.20. The van der Waals surface area contributed by atoms with Crippen molar-refractivity contribution in [2.45, 2.75) is 26.8 Å². The number of morpholine rings is 1. The Morgan fingerprint density at radius 3 is 2.29 bits per heavy atom. The molecule has 1 saturated heterocycles. The number of benzene rings is 1. The fourth-order valence-electron chi connectivity index (χ4n) is 3.54. The van der Waals surface area contributed by atoms with Crippen molar-refractivity contribution in [3.8, 4) is 17.2 Å². The molecule has 1 aromatic carbocycles. The van der Waals surface area contributed by atoms with Crippen molar-refractivity contribution in [1.82, 2.24) is 9.47 Å². The molecule has 1 aliphatic rings. The molecule has 1 atom stereocenters. The van der Waals surface area contributed by atoms with Crippen molar-refractivity contribution >= 4 is 0 Å². The lowest BCUT2D eigenvalue weighted by atomic mass is 9.98. The summed E-state index contributed by atoms with van der Waals surface area (Å²) >= 11 is 0. The van der Waals surface area contributed by atoms with E-state index in [2.05, 4.69) is 53.6 Å². The van der Waals surface area contributed by atoms with Crippen LogP contribution in [0.4, 0.5) is 0 Å². The summed E-state index contributed by atoms with van der Waals surface area (Å²) in [6.07, 6.45) is 0. The third kappa shape index (κ3) is 2.86. The van der Waals surface area contributed by atoms with Gasteiger partial charge in [-0.25, -0.2) is 0 Å². The molecule has 126 valence electrons. The van der Waals surface area contributed by atoms with E-state index in [-0.39, 0.29) is 0 Å². The van der Waals surface area contributed by atoms with Gasteiger partial charge in [-0.3, -0.25) is 4.90 Å². The maximum atomic E-state index is 9.53. The van der Waals surface area contributed by atoms with Gasteiger partial charge < -0.3 is 9.30 Å². The predicted octanol–water partition coefficient (Wildman–Crippen LogP) is 3.57. The molecule has 4 heteroatoms. The molecule has 1 fully saturated rings. The summed E-state index contributed by atoms with van der Waals surface area (Å²) in [4.78, 5) is 2.46. The van der Waals surface area contributed by atoms with Crippen LogP contribution in [0.5, 0.6) is 0 Å². The quantitative estimate of drug-likeness (QED) is 0.867. The van der Waals surface area contributed by atoms with Crippen molar-refractivity contribution in [1.29, 1.82) is 5.26 Å². The summed E-state index contributed by atoms with van der Waals surface area (Å²) in [5.74, 6) is 0. The lowest BCUT2D eigenvalue weighted by Gasteiger charge is -2.32. The van der Waals surface area contributed by atoms with E-state index >= 15 is 0 Å². The van der Waals surface area contributed by atoms with Crippen LogP contribution in [0.15, 0.2) is 24.3 Å². The largest absolute Gasteiger partial charge is 0.379 e. The lowest BCUT2D eigenvalue weighted by molar-refractivity contribution is 0.0198. The van der Waals surface area contributed by atoms with Crippen LogP contribution < -0.4 is 0 Å². The fraction of sp³-hybridized carbons (Fsp3) is 0.450. The van der Waals surface area contributed by atoms with Gasteiger partial charge in [-0.05, 0) is 31.9 Å². The summed E-state index contributed by atoms with van der Waals surface area (Å²) < 4.78 is 7.54. The molecule has 0 bridgehead atoms. The molecule has 3 rings (SSSR count). The first-order valence-corrected chi connectivity index (χ1v) is 8.52. The normalized spacial score (nSPS) is 16.8. The van der Waals surface area contributed by atoms with E-state index in [0.717, 1.165) is 54.4 Å². The standard InChI is InChI=1S/C20H25N3O/c1-14(23-9-11-24-12-10-23)17-5-7-18(8-6-17)20-16(3)22(4)15(2)19(20)13-21/h5-8,14H,9-12H2,1-4H3/t14-/m0/s1. The molecule has 0 radical (unpaired) electrons. The number of hydrogen-bond acceptors (Lipinski definition) is 3. The molecule has 4 nitrogen and oxygen atoms in total. The van der Waals surface area contributed by atoms with Crippen molar-refractivity contribution in [2.24, 2.45) is 7.05 Å². The van der Waals surface area contributed by atoms with Crippen LogP contribution in [0.2, 0.25) is 0 Å². The van der Waals surface area contributed by atoms with Gasteiger partial charge in [-0.2, -0.15) is 5.26 Å². The highest BCUT2D eigenvalue weighted by molar-refractivity contribution is 5.75. The summed E-state index contributed by atoms with van der Waals surface area (Å²) in [6, 6.07) is 11.4. The maximum absolute atomic E-state index is 9.53. The molecule has 0 saturated carbocycles. The topological polar surface area (TPSA) is 41.2 Å². The minimum atomic E-state index is 0.386. The second-order valence-electron chi connectivity index (χ2n) is 6.54. The molecule has 2 aromatic rings. The Labute approximate surface area is 144 Å². The summed E-state index contributed by atoms with van der Waals surface area (Å²) in [5, 5.41) is 9.53. The monoisotopic (exact) mass is 323 g/mol. The smallest absolute Gasteiger partial charge is 0.102 e. The van der Waals surface area contributed by atoms with E-state index in [9.17, 15) is 5.26 Å². The van der Waals surface area contributed by atoms with Gasteiger partial charge in [0, 0.05) is 43.1 Å². The van der Waals surface area contributed by atoms with Gasteiger partial charge in [-0.15, -0.1) is 0 Å². The zero-order valence-corrected chi connectivity index (χ0v) is 15.0. The van der Waals surface area contributed by atoms with Gasteiger partial charge in [0.15, 0.2) is 0 Å². The minimum Gasteiger partial charge on any atom is -0.379 e. The Balaban J connectivity index is 1.90. The fourth-order valence-corrected chi connectivity index (χ4v) is 3.54. The van der Waals surface area contributed by atoms with Gasteiger partial charge in [0.25, 0.3) is 0 Å². The Bertz CT molecular complexity index is 762. The summed E-state index contributed by atoms with van der Waals surface area (Å²) in [7, 11) is 2.02. The summed E-state index contributed by atoms with van der Waals surface area (Å²) in [6.45, 7) is 9.93. The molecule has 2 heterocycles. The molecule has 0 amide bonds. The Kier molecular flexibility index (Phi) is 4.75. The molecular weight excluding hydrogens is 298 g/mol. The Hall–Kier alpha value is -2.09. The van der Waals surface area contributed by atoms with Gasteiger partial charge in [0.2, 0.25) is 0 Å². The van der Waals surface area contributed by atoms with Crippen LogP contribution in [-0.4, -0.2) is 35.8 Å². The number of hydrogen-bond donors (Lipinski definition) is 0. The van der Waals surface area contributed by atoms with Crippen molar-refractivity contribution in [2.75, 3.05) is 26.3 Å². The molecule has 1 aliphatic heterocycles. The van der Waals surface area contributed by atoms with Crippen molar-refractivity contribution < 1.29 is 4.74 Å². The maximum Gasteiger partial charge on any atom is 0.102 e. The van der Waals surface area contributed by atoms with E-state index in [1.807, 2.05) is 14.0 Å². The van der Waals surface area contributed by atoms with Gasteiger partial charge in [0.1, 0.15) is 6.07 Å². The average Bonchev–Trinajstić information content (AvgIpc) is 2.85. The molecule has 0 N–H and O–H groups in total. The van der Waals surface area contributed by atoms with E-state index in [1.54, 1.807) is 0 Å². The van der Waals surface area contributed by atoms with Gasteiger partial charge in [0.05, 0.1) is 18.8 Å². The lowest BCUT2D eigenvalue weighted by Crippen LogP contribution is -2.37. The Morgan fingerprint density at radius 1 is 1.08 bits per heavy atom. The first-order chi connectivity index (χ1) is 11.5. The SMILES string of the molecule is Cc1c(C#N)c(-c2ccc([C@H](C)N3CCOCC3)cc2)c(C)n1C. The van der Waals surface area contributed by atoms with E-state index < -0.39 is 0 Å². The van der Waals surface area contributed by atoms with Crippen LogP contribution in [0.1, 0.15) is 35.5 Å². The number of aromatic nitrogens is 1. The third-order valence-corrected chi connectivity index (χ3v) is 5.37. The van der Waals surface area contributed by atoms with Gasteiger partial charge in [-0.1, -0.05) is 24.3 Å². The number of nitriles is 1. The zero-order valence-electron chi connectivity index (χ0n) is 15.0. The molecule has 0 unspecified atom stereocenters. The second-order valence-corrected chi connectivity index (χ2v) is 6.54. The first kappa shape index (κ1) is 16.8. The molecule has 0 spiro atoms. The van der Waals surface area contributed by atoms with Crippen molar-refractivity contribution in [3.05, 3.63) is 46.8 Å². The summed E-state index contributed by atoms with van der Waals surface area (Å²) in [5.41, 5.74) is 6.43. The number of ether oxygens (including phenoxy) is 1. The molecule has 1 aromatic heterocycles. The van der Waals surface area contributed by atoms with Crippen LogP contribution in [0.3, 0.4) is 0 Å². The molecular formula is C20H25N3O. The van der Waals surface area contributed by atoms with Crippen LogP contribution in [0, 0.1) is 25.2 Å². The average molecular weight is 323 g/mol. The van der Waals surface area contributed by atoms with Crippen molar-refractivity contribution in [3.63, 3.8) is 0 Å². The first-order valence-electron chi connectivity index (χ1n) is 8.52. The zero-order chi connectivity index (χ0) is 17.3. The van der Waals surface area contributed by atoms with E-state index in [4.69, 9.17) is 4.74 Å². The highest BCUT2D eigenvalue weighted by atomic mass is 16.5. The third-order valence-electron chi connectivity index (χ3n) is 5.37. The number of nitrogens with zero attached hydrogens (tertiary/aromatic N) is 3. The Morgan fingerprint density at radius 2 is 1.71 bits per heavy atom. The second kappa shape index (κ2) is 6.80. The van der Waals surface area contributed by atoms with E-state index in [1.165, 1.54) is 5.56 Å². The predicted molar refractivity (Wildman–Crippen MR) is 95.8 cm³/mol. The van der Waals surface area contributed by atoms with E-state index in [0.29, 0.717) is 6.04 Å². The van der Waals surface area contributed by atoms with Gasteiger partial charge >= 0.3 is 0 Å². The minimum absolute atomic E-state index is 0.386. The van der Waals surface area contributed by atoms with Crippen LogP contribution >= 0.6 is 0 Å². The molecule has 24 heavy (non-hydrogen) atoms. The molecule has 0 aliphatic carbocycles.